The molecule has 0 bridgehead atoms. The summed E-state index contributed by atoms with van der Waals surface area (Å²) < 4.78 is 6.80. The highest BCUT2D eigenvalue weighted by Crippen LogP contribution is 2.26. The first-order valence-corrected chi connectivity index (χ1v) is 5.63. The summed E-state index contributed by atoms with van der Waals surface area (Å²) in [5, 5.41) is 0. The molecule has 0 saturated heterocycles. The van der Waals surface area contributed by atoms with Crippen molar-refractivity contribution in [3.63, 3.8) is 0 Å². The van der Waals surface area contributed by atoms with E-state index in [-0.39, 0.29) is 0 Å². The Morgan fingerprint density at radius 3 is 2.67 bits per heavy atom. The van der Waals surface area contributed by atoms with Crippen LogP contribution in [-0.4, -0.2) is 11.9 Å². The van der Waals surface area contributed by atoms with Crippen LogP contribution < -0.4 is 4.74 Å². The Morgan fingerprint density at radius 2 is 2.13 bits per heavy atom. The Labute approximate surface area is 98.8 Å². The number of halogens is 1. The molecule has 0 amide bonds. The average molecular weight is 271 g/mol. The van der Waals surface area contributed by atoms with E-state index < -0.39 is 5.60 Å². The SMILES string of the molecule is Cc1cc(Br)ccc1OC(C)(C)CC=O. The van der Waals surface area contributed by atoms with Crippen LogP contribution in [0.15, 0.2) is 22.7 Å². The van der Waals surface area contributed by atoms with Crippen LogP contribution in [0.1, 0.15) is 25.8 Å². The van der Waals surface area contributed by atoms with Gasteiger partial charge in [0.2, 0.25) is 0 Å². The van der Waals surface area contributed by atoms with Crippen molar-refractivity contribution in [1.82, 2.24) is 0 Å². The van der Waals surface area contributed by atoms with Gasteiger partial charge in [-0.3, -0.25) is 0 Å². The van der Waals surface area contributed by atoms with Crippen molar-refractivity contribution in [2.75, 3.05) is 0 Å². The van der Waals surface area contributed by atoms with Crippen molar-refractivity contribution in [1.29, 1.82) is 0 Å². The third kappa shape index (κ3) is 3.67. The first kappa shape index (κ1) is 12.2. The third-order valence-electron chi connectivity index (χ3n) is 2.10. The molecular formula is C12H15BrO2. The molecule has 3 heteroatoms. The number of rotatable bonds is 4. The van der Waals surface area contributed by atoms with Crippen LogP contribution in [0.3, 0.4) is 0 Å². The van der Waals surface area contributed by atoms with Gasteiger partial charge in [0.1, 0.15) is 17.6 Å². The second-order valence-corrected chi connectivity index (χ2v) is 5.06. The molecule has 82 valence electrons. The van der Waals surface area contributed by atoms with Crippen LogP contribution in [0.5, 0.6) is 5.75 Å². The molecule has 0 radical (unpaired) electrons. The van der Waals surface area contributed by atoms with Crippen molar-refractivity contribution in [3.8, 4) is 5.75 Å². The van der Waals surface area contributed by atoms with Crippen molar-refractivity contribution < 1.29 is 9.53 Å². The van der Waals surface area contributed by atoms with E-state index in [1.54, 1.807) is 0 Å². The van der Waals surface area contributed by atoms with Crippen LogP contribution in [0, 0.1) is 6.92 Å². The van der Waals surface area contributed by atoms with E-state index in [1.165, 1.54) is 0 Å². The van der Waals surface area contributed by atoms with Gasteiger partial charge in [0.05, 0.1) is 0 Å². The van der Waals surface area contributed by atoms with Crippen LogP contribution in [-0.2, 0) is 4.79 Å². The average Bonchev–Trinajstić information content (AvgIpc) is 2.09. The lowest BCUT2D eigenvalue weighted by Gasteiger charge is -2.25. The summed E-state index contributed by atoms with van der Waals surface area (Å²) in [5.74, 6) is 0.824. The summed E-state index contributed by atoms with van der Waals surface area (Å²) in [6.45, 7) is 5.79. The lowest BCUT2D eigenvalue weighted by molar-refractivity contribution is -0.110. The highest BCUT2D eigenvalue weighted by Gasteiger charge is 2.19. The maximum absolute atomic E-state index is 10.5. The Balaban J connectivity index is 2.84. The van der Waals surface area contributed by atoms with Gasteiger partial charge >= 0.3 is 0 Å². The zero-order valence-electron chi connectivity index (χ0n) is 9.21. The summed E-state index contributed by atoms with van der Waals surface area (Å²) in [7, 11) is 0. The van der Waals surface area contributed by atoms with Crippen molar-refractivity contribution in [2.24, 2.45) is 0 Å². The molecule has 1 rings (SSSR count). The molecule has 1 aromatic carbocycles. The highest BCUT2D eigenvalue weighted by molar-refractivity contribution is 9.10. The van der Waals surface area contributed by atoms with Crippen molar-refractivity contribution >= 4 is 22.2 Å². The summed E-state index contributed by atoms with van der Waals surface area (Å²) in [6, 6.07) is 5.83. The molecule has 0 aliphatic heterocycles. The molecule has 0 aromatic heterocycles. The second-order valence-electron chi connectivity index (χ2n) is 4.14. The van der Waals surface area contributed by atoms with Gasteiger partial charge in [0.25, 0.3) is 0 Å². The lowest BCUT2D eigenvalue weighted by Crippen LogP contribution is -2.28. The number of ether oxygens (including phenoxy) is 1. The topological polar surface area (TPSA) is 26.3 Å². The molecule has 15 heavy (non-hydrogen) atoms. The molecule has 0 N–H and O–H groups in total. The van der Waals surface area contributed by atoms with Gasteiger partial charge < -0.3 is 9.53 Å². The fraction of sp³-hybridized carbons (Fsp3) is 0.417. The summed E-state index contributed by atoms with van der Waals surface area (Å²) in [4.78, 5) is 10.5. The molecule has 0 heterocycles. The molecule has 0 unspecified atom stereocenters. The van der Waals surface area contributed by atoms with Crippen molar-refractivity contribution in [2.45, 2.75) is 32.8 Å². The maximum atomic E-state index is 10.5. The smallest absolute Gasteiger partial charge is 0.123 e. The standard InChI is InChI=1S/C12H15BrO2/c1-9-8-10(13)4-5-11(9)15-12(2,3)6-7-14/h4-5,7-8H,6H2,1-3H3. The monoisotopic (exact) mass is 270 g/mol. The zero-order valence-corrected chi connectivity index (χ0v) is 10.8. The van der Waals surface area contributed by atoms with Crippen LogP contribution >= 0.6 is 15.9 Å². The lowest BCUT2D eigenvalue weighted by atomic mass is 10.1. The first-order chi connectivity index (χ1) is 6.94. The Kier molecular flexibility index (Phi) is 3.91. The fourth-order valence-corrected chi connectivity index (χ4v) is 1.74. The van der Waals surface area contributed by atoms with E-state index in [0.29, 0.717) is 6.42 Å². The van der Waals surface area contributed by atoms with Crippen LogP contribution in [0.4, 0.5) is 0 Å². The molecular weight excluding hydrogens is 256 g/mol. The number of carbonyl (C=O) groups is 1. The Bertz CT molecular complexity index is 359. The van der Waals surface area contributed by atoms with Crippen LogP contribution in [0.25, 0.3) is 0 Å². The number of hydrogen-bond donors (Lipinski definition) is 0. The van der Waals surface area contributed by atoms with E-state index in [0.717, 1.165) is 22.1 Å². The zero-order chi connectivity index (χ0) is 11.5. The second kappa shape index (κ2) is 4.79. The van der Waals surface area contributed by atoms with E-state index >= 15 is 0 Å². The van der Waals surface area contributed by atoms with E-state index in [1.807, 2.05) is 39.0 Å². The minimum Gasteiger partial charge on any atom is -0.487 e. The normalized spacial score (nSPS) is 11.2. The van der Waals surface area contributed by atoms with Gasteiger partial charge in [-0.2, -0.15) is 0 Å². The highest BCUT2D eigenvalue weighted by atomic mass is 79.9. The van der Waals surface area contributed by atoms with Gasteiger partial charge in [0.15, 0.2) is 0 Å². The molecule has 2 nitrogen and oxygen atoms in total. The van der Waals surface area contributed by atoms with Gasteiger partial charge in [-0.1, -0.05) is 15.9 Å². The van der Waals surface area contributed by atoms with E-state index in [9.17, 15) is 4.79 Å². The number of benzene rings is 1. The number of aryl methyl sites for hydroxylation is 1. The van der Waals surface area contributed by atoms with Crippen molar-refractivity contribution in [3.05, 3.63) is 28.2 Å². The third-order valence-corrected chi connectivity index (χ3v) is 2.59. The van der Waals surface area contributed by atoms with Gasteiger partial charge in [-0.25, -0.2) is 0 Å². The number of hydrogen-bond acceptors (Lipinski definition) is 2. The molecule has 0 aliphatic carbocycles. The molecule has 1 aromatic rings. The predicted octanol–water partition coefficient (Wildman–Crippen LogP) is 3.50. The molecule has 0 saturated carbocycles. The molecule has 0 atom stereocenters. The molecule has 0 spiro atoms. The first-order valence-electron chi connectivity index (χ1n) is 4.83. The van der Waals surface area contributed by atoms with Gasteiger partial charge in [0, 0.05) is 10.9 Å². The fourth-order valence-electron chi connectivity index (χ4n) is 1.27. The Hall–Kier alpha value is -0.830. The maximum Gasteiger partial charge on any atom is 0.123 e. The Morgan fingerprint density at radius 1 is 1.47 bits per heavy atom. The molecule has 0 aliphatic rings. The minimum atomic E-state index is -0.444. The molecule has 0 fully saturated rings. The number of carbonyl (C=O) groups excluding carboxylic acids is 1. The quantitative estimate of drug-likeness (QED) is 0.783. The van der Waals surface area contributed by atoms with Crippen LogP contribution in [0.2, 0.25) is 0 Å². The summed E-state index contributed by atoms with van der Waals surface area (Å²) in [6.07, 6.45) is 1.27. The number of aldehydes is 1. The summed E-state index contributed by atoms with van der Waals surface area (Å²) in [5.41, 5.74) is 0.615. The van der Waals surface area contributed by atoms with Gasteiger partial charge in [-0.05, 0) is 44.5 Å². The van der Waals surface area contributed by atoms with E-state index in [4.69, 9.17) is 4.74 Å². The minimum absolute atomic E-state index is 0.391. The summed E-state index contributed by atoms with van der Waals surface area (Å²) >= 11 is 3.39. The predicted molar refractivity (Wildman–Crippen MR) is 64.3 cm³/mol. The van der Waals surface area contributed by atoms with Gasteiger partial charge in [-0.15, -0.1) is 0 Å². The largest absolute Gasteiger partial charge is 0.487 e. The van der Waals surface area contributed by atoms with E-state index in [2.05, 4.69) is 15.9 Å².